The molecule has 0 aliphatic carbocycles. The maximum atomic E-state index is 12.8. The van der Waals surface area contributed by atoms with Gasteiger partial charge in [0.2, 0.25) is 6.10 Å². The molecule has 19 heavy (non-hydrogen) atoms. The van der Waals surface area contributed by atoms with Crippen molar-refractivity contribution in [2.45, 2.75) is 18.7 Å². The lowest BCUT2D eigenvalue weighted by molar-refractivity contribution is -0.217. The Balaban J connectivity index is 2.39. The molecule has 0 aromatic heterocycles. The van der Waals surface area contributed by atoms with Gasteiger partial charge in [-0.3, -0.25) is 4.79 Å². The van der Waals surface area contributed by atoms with Crippen molar-refractivity contribution >= 4 is 5.97 Å². The number of ether oxygens (including phenoxy) is 2. The Labute approximate surface area is 106 Å². The summed E-state index contributed by atoms with van der Waals surface area (Å²) in [5, 5.41) is 8.89. The summed E-state index contributed by atoms with van der Waals surface area (Å²) in [6.45, 7) is 0. The maximum absolute atomic E-state index is 12.8. The molecule has 1 heterocycles. The van der Waals surface area contributed by atoms with E-state index in [0.29, 0.717) is 11.3 Å². The molecule has 0 saturated carbocycles. The zero-order valence-corrected chi connectivity index (χ0v) is 9.90. The fraction of sp³-hybridized carbons (Fsp3) is 0.417. The molecule has 0 unspecified atom stereocenters. The fourth-order valence-corrected chi connectivity index (χ4v) is 2.01. The van der Waals surface area contributed by atoms with Crippen molar-refractivity contribution in [1.82, 2.24) is 0 Å². The van der Waals surface area contributed by atoms with Gasteiger partial charge in [0.15, 0.2) is 0 Å². The minimum atomic E-state index is -4.73. The first-order valence-electron chi connectivity index (χ1n) is 5.46. The largest absolute Gasteiger partial charge is 0.497 e. The smallest absolute Gasteiger partial charge is 0.426 e. The van der Waals surface area contributed by atoms with Crippen molar-refractivity contribution in [3.05, 3.63) is 23.8 Å². The highest BCUT2D eigenvalue weighted by atomic mass is 19.4. The van der Waals surface area contributed by atoms with Gasteiger partial charge in [-0.25, -0.2) is 0 Å². The van der Waals surface area contributed by atoms with Crippen LogP contribution in [0.1, 0.15) is 5.56 Å². The summed E-state index contributed by atoms with van der Waals surface area (Å²) in [6.07, 6.45) is -7.30. The average molecular weight is 276 g/mol. The van der Waals surface area contributed by atoms with Crippen molar-refractivity contribution in [3.63, 3.8) is 0 Å². The number of hydrogen-bond donors (Lipinski definition) is 1. The van der Waals surface area contributed by atoms with Crippen LogP contribution in [-0.2, 0) is 11.2 Å². The minimum Gasteiger partial charge on any atom is -0.497 e. The number of hydrogen-bond acceptors (Lipinski definition) is 3. The predicted molar refractivity (Wildman–Crippen MR) is 58.3 cm³/mol. The molecule has 0 spiro atoms. The Morgan fingerprint density at radius 1 is 1.47 bits per heavy atom. The number of carbonyl (C=O) groups is 1. The van der Waals surface area contributed by atoms with E-state index in [1.807, 2.05) is 0 Å². The highest BCUT2D eigenvalue weighted by molar-refractivity contribution is 5.72. The van der Waals surface area contributed by atoms with Gasteiger partial charge in [0.05, 0.1) is 7.11 Å². The average Bonchev–Trinajstić information content (AvgIpc) is 2.35. The van der Waals surface area contributed by atoms with Crippen LogP contribution in [0.4, 0.5) is 13.2 Å². The lowest BCUT2D eigenvalue weighted by atomic mass is 9.90. The van der Waals surface area contributed by atoms with E-state index >= 15 is 0 Å². The second-order valence-electron chi connectivity index (χ2n) is 4.20. The Kier molecular flexibility index (Phi) is 3.30. The number of fused-ring (bicyclic) bond motifs is 1. The second-order valence-corrected chi connectivity index (χ2v) is 4.20. The van der Waals surface area contributed by atoms with E-state index in [2.05, 4.69) is 0 Å². The fourth-order valence-electron chi connectivity index (χ4n) is 2.01. The molecule has 0 amide bonds. The molecule has 1 N–H and O–H groups in total. The molecule has 7 heteroatoms. The van der Waals surface area contributed by atoms with E-state index in [0.717, 1.165) is 0 Å². The molecular formula is C12H11F3O4. The van der Waals surface area contributed by atoms with Crippen LogP contribution >= 0.6 is 0 Å². The lowest BCUT2D eigenvalue weighted by Crippen LogP contribution is -2.47. The van der Waals surface area contributed by atoms with Crippen molar-refractivity contribution in [2.75, 3.05) is 7.11 Å². The second kappa shape index (κ2) is 4.64. The van der Waals surface area contributed by atoms with E-state index in [4.69, 9.17) is 14.6 Å². The van der Waals surface area contributed by atoms with Gasteiger partial charge >= 0.3 is 12.1 Å². The molecule has 1 aromatic carbocycles. The normalized spacial score (nSPS) is 22.3. The van der Waals surface area contributed by atoms with Crippen LogP contribution in [0.2, 0.25) is 0 Å². The standard InChI is InChI=1S/C12H11F3O4/c1-18-7-3-2-6-4-8(11(16)17)10(12(13,14)15)19-9(6)5-7/h2-3,5,8,10H,4H2,1H3,(H,16,17)/t8-,10-/m1/s1. The molecule has 4 nitrogen and oxygen atoms in total. The summed E-state index contributed by atoms with van der Waals surface area (Å²) >= 11 is 0. The number of carboxylic acids is 1. The van der Waals surface area contributed by atoms with Gasteiger partial charge < -0.3 is 14.6 Å². The van der Waals surface area contributed by atoms with Crippen molar-refractivity contribution in [3.8, 4) is 11.5 Å². The number of benzene rings is 1. The van der Waals surface area contributed by atoms with Gasteiger partial charge in [-0.15, -0.1) is 0 Å². The Morgan fingerprint density at radius 2 is 2.16 bits per heavy atom. The number of methoxy groups -OCH3 is 1. The van der Waals surface area contributed by atoms with E-state index in [9.17, 15) is 18.0 Å². The van der Waals surface area contributed by atoms with Gasteiger partial charge in [0.25, 0.3) is 0 Å². The maximum Gasteiger partial charge on any atom is 0.426 e. The third-order valence-electron chi connectivity index (χ3n) is 2.97. The molecule has 2 rings (SSSR count). The number of aliphatic carboxylic acids is 1. The van der Waals surface area contributed by atoms with Crippen LogP contribution in [0.5, 0.6) is 11.5 Å². The van der Waals surface area contributed by atoms with Crippen molar-refractivity contribution in [1.29, 1.82) is 0 Å². The third kappa shape index (κ3) is 2.59. The number of carboxylic acid groups (broad SMARTS) is 1. The third-order valence-corrected chi connectivity index (χ3v) is 2.97. The summed E-state index contributed by atoms with van der Waals surface area (Å²) in [5.74, 6) is -2.79. The monoisotopic (exact) mass is 276 g/mol. The minimum absolute atomic E-state index is 0.0131. The van der Waals surface area contributed by atoms with Crippen molar-refractivity contribution in [2.24, 2.45) is 5.92 Å². The van der Waals surface area contributed by atoms with Gasteiger partial charge in [-0.05, 0) is 18.1 Å². The van der Waals surface area contributed by atoms with Gasteiger partial charge in [-0.2, -0.15) is 13.2 Å². The topological polar surface area (TPSA) is 55.8 Å². The van der Waals surface area contributed by atoms with Crippen LogP contribution < -0.4 is 9.47 Å². The molecule has 1 aromatic rings. The number of rotatable bonds is 2. The van der Waals surface area contributed by atoms with Crippen molar-refractivity contribution < 1.29 is 32.5 Å². The van der Waals surface area contributed by atoms with Crippen LogP contribution in [-0.4, -0.2) is 30.5 Å². The van der Waals surface area contributed by atoms with E-state index < -0.39 is 24.2 Å². The summed E-state index contributed by atoms with van der Waals surface area (Å²) < 4.78 is 48.2. The zero-order valence-electron chi connectivity index (χ0n) is 9.90. The molecular weight excluding hydrogens is 265 g/mol. The SMILES string of the molecule is COc1ccc2c(c1)O[C@@H](C(F)(F)F)[C@H](C(=O)O)C2. The van der Waals surface area contributed by atoms with E-state index in [1.165, 1.54) is 19.2 Å². The molecule has 104 valence electrons. The molecule has 0 radical (unpaired) electrons. The molecule has 1 aliphatic heterocycles. The lowest BCUT2D eigenvalue weighted by Gasteiger charge is -2.32. The molecule has 0 saturated heterocycles. The van der Waals surface area contributed by atoms with Gasteiger partial charge in [0.1, 0.15) is 17.4 Å². The summed E-state index contributed by atoms with van der Waals surface area (Å²) in [5.41, 5.74) is 0.425. The van der Waals surface area contributed by atoms with E-state index in [-0.39, 0.29) is 12.2 Å². The van der Waals surface area contributed by atoms with Gasteiger partial charge in [0, 0.05) is 6.07 Å². The molecule has 0 bridgehead atoms. The highest BCUT2D eigenvalue weighted by Crippen LogP contribution is 2.39. The molecule has 0 fully saturated rings. The first kappa shape index (κ1) is 13.5. The predicted octanol–water partition coefficient (Wildman–Crippen LogP) is 2.26. The van der Waals surface area contributed by atoms with Gasteiger partial charge in [-0.1, -0.05) is 6.07 Å². The Bertz CT molecular complexity index is 498. The van der Waals surface area contributed by atoms with Crippen LogP contribution in [0.15, 0.2) is 18.2 Å². The number of halogens is 3. The summed E-state index contributed by atoms with van der Waals surface area (Å²) in [4.78, 5) is 10.9. The van der Waals surface area contributed by atoms with Crippen LogP contribution in [0.25, 0.3) is 0 Å². The van der Waals surface area contributed by atoms with Crippen LogP contribution in [0.3, 0.4) is 0 Å². The summed E-state index contributed by atoms with van der Waals surface area (Å²) in [7, 11) is 1.38. The highest BCUT2D eigenvalue weighted by Gasteiger charge is 2.52. The van der Waals surface area contributed by atoms with E-state index in [1.54, 1.807) is 6.07 Å². The zero-order chi connectivity index (χ0) is 14.2. The first-order valence-corrected chi connectivity index (χ1v) is 5.46. The molecule has 2 atom stereocenters. The first-order chi connectivity index (χ1) is 8.82. The Morgan fingerprint density at radius 3 is 2.68 bits per heavy atom. The number of alkyl halides is 3. The molecule has 1 aliphatic rings. The quantitative estimate of drug-likeness (QED) is 0.900. The van der Waals surface area contributed by atoms with Crippen LogP contribution in [0, 0.1) is 5.92 Å². The Hall–Kier alpha value is -1.92. The summed E-state index contributed by atoms with van der Waals surface area (Å²) in [6, 6.07) is 4.39.